The summed E-state index contributed by atoms with van der Waals surface area (Å²) in [7, 11) is 0. The van der Waals surface area contributed by atoms with Gasteiger partial charge in [-0.3, -0.25) is 0 Å². The van der Waals surface area contributed by atoms with Gasteiger partial charge in [0, 0.05) is 12.0 Å². The minimum Gasteiger partial charge on any atom is -0.457 e. The molecule has 0 aromatic heterocycles. The van der Waals surface area contributed by atoms with Gasteiger partial charge in [-0.1, -0.05) is 140 Å². The van der Waals surface area contributed by atoms with Gasteiger partial charge in [0.15, 0.2) is 5.67 Å². The predicted molar refractivity (Wildman–Crippen MR) is 198 cm³/mol. The maximum Gasteiger partial charge on any atom is 0.166 e. The van der Waals surface area contributed by atoms with E-state index >= 15 is 4.39 Å². The highest BCUT2D eigenvalue weighted by molar-refractivity contribution is 6.01. The fourth-order valence-corrected chi connectivity index (χ4v) is 8.48. The average Bonchev–Trinajstić information content (AvgIpc) is 3.62. The largest absolute Gasteiger partial charge is 0.457 e. The Bertz CT molecular complexity index is 2390. The number of hydrogen-bond acceptors (Lipinski definition) is 2. The molecule has 0 heterocycles. The summed E-state index contributed by atoms with van der Waals surface area (Å²) in [6.45, 7) is 1.99. The van der Waals surface area contributed by atoms with Crippen LogP contribution >= 0.6 is 0 Å². The molecule has 1 spiro atoms. The number of ether oxygens (including phenoxy) is 1. The Morgan fingerprint density at radius 3 is 1.68 bits per heavy atom. The van der Waals surface area contributed by atoms with Gasteiger partial charge in [-0.15, -0.1) is 0 Å². The molecule has 2 aliphatic rings. The summed E-state index contributed by atoms with van der Waals surface area (Å²) in [6.07, 6.45) is 0.120. The van der Waals surface area contributed by atoms with Crippen LogP contribution in [0.4, 0.5) is 4.39 Å². The zero-order valence-corrected chi connectivity index (χ0v) is 27.5. The molecular formula is C47H32FNO. The molecule has 0 fully saturated rings. The van der Waals surface area contributed by atoms with Crippen LogP contribution in [0.2, 0.25) is 0 Å². The second-order valence-electron chi connectivity index (χ2n) is 13.3. The number of rotatable bonds is 5. The predicted octanol–water partition coefficient (Wildman–Crippen LogP) is 11.9. The molecule has 0 N–H and O–H groups in total. The van der Waals surface area contributed by atoms with E-state index in [1.165, 1.54) is 0 Å². The Kier molecular flexibility index (Phi) is 6.83. The molecule has 7 aromatic carbocycles. The van der Waals surface area contributed by atoms with E-state index in [2.05, 4.69) is 91.0 Å². The van der Waals surface area contributed by atoms with Crippen LogP contribution in [-0.4, -0.2) is 0 Å². The molecule has 1 atom stereocenters. The molecule has 7 aromatic rings. The van der Waals surface area contributed by atoms with Gasteiger partial charge in [-0.2, -0.15) is 5.26 Å². The molecule has 3 heteroatoms. The van der Waals surface area contributed by atoms with Gasteiger partial charge in [0.25, 0.3) is 0 Å². The number of nitriles is 1. The fourth-order valence-electron chi connectivity index (χ4n) is 8.48. The zero-order valence-electron chi connectivity index (χ0n) is 27.5. The van der Waals surface area contributed by atoms with Crippen LogP contribution < -0.4 is 4.74 Å². The molecule has 2 nitrogen and oxygen atoms in total. The molecule has 0 saturated heterocycles. The molecule has 2 aliphatic carbocycles. The zero-order chi connectivity index (χ0) is 33.9. The van der Waals surface area contributed by atoms with Crippen LogP contribution in [0.15, 0.2) is 164 Å². The smallest absolute Gasteiger partial charge is 0.166 e. The Balaban J connectivity index is 1.36. The summed E-state index contributed by atoms with van der Waals surface area (Å²) < 4.78 is 25.4. The van der Waals surface area contributed by atoms with Crippen molar-refractivity contribution in [2.24, 2.45) is 0 Å². The number of alkyl halides is 1. The average molecular weight is 646 g/mol. The highest BCUT2D eigenvalue weighted by atomic mass is 19.1. The van der Waals surface area contributed by atoms with Crippen molar-refractivity contribution in [1.29, 1.82) is 5.26 Å². The number of fused-ring (bicyclic) bond motifs is 7. The van der Waals surface area contributed by atoms with Crippen LogP contribution in [0.1, 0.15) is 45.4 Å². The number of halogens is 1. The first-order valence-corrected chi connectivity index (χ1v) is 17.0. The van der Waals surface area contributed by atoms with Crippen molar-refractivity contribution >= 4 is 0 Å². The number of nitrogens with zero attached hydrogens (tertiary/aromatic N) is 1. The quantitative estimate of drug-likeness (QED) is 0.187. The Labute approximate surface area is 291 Å². The second kappa shape index (κ2) is 11.4. The van der Waals surface area contributed by atoms with Crippen molar-refractivity contribution in [3.8, 4) is 50.9 Å². The van der Waals surface area contributed by atoms with E-state index in [0.717, 1.165) is 55.6 Å². The topological polar surface area (TPSA) is 33.0 Å². The summed E-state index contributed by atoms with van der Waals surface area (Å²) in [5.74, 6) is 1.17. The highest BCUT2D eigenvalue weighted by Crippen LogP contribution is 2.67. The van der Waals surface area contributed by atoms with Crippen molar-refractivity contribution in [3.05, 3.63) is 203 Å². The third-order valence-corrected chi connectivity index (χ3v) is 10.6. The first-order chi connectivity index (χ1) is 24.5. The fraction of sp³-hybridized carbons (Fsp3) is 0.0851. The number of benzene rings is 7. The molecule has 0 aliphatic heterocycles. The maximum absolute atomic E-state index is 18.9. The van der Waals surface area contributed by atoms with E-state index in [1.54, 1.807) is 6.07 Å². The summed E-state index contributed by atoms with van der Waals surface area (Å²) >= 11 is 0. The molecule has 9 rings (SSSR count). The lowest BCUT2D eigenvalue weighted by molar-refractivity contribution is 0.200. The van der Waals surface area contributed by atoms with Crippen LogP contribution in [0.3, 0.4) is 0 Å². The van der Waals surface area contributed by atoms with Crippen molar-refractivity contribution in [2.75, 3.05) is 0 Å². The monoisotopic (exact) mass is 645 g/mol. The van der Waals surface area contributed by atoms with Gasteiger partial charge in [-0.05, 0) is 92.4 Å². The lowest BCUT2D eigenvalue weighted by Gasteiger charge is -2.31. The molecule has 0 bridgehead atoms. The Morgan fingerprint density at radius 1 is 0.540 bits per heavy atom. The first-order valence-electron chi connectivity index (χ1n) is 17.0. The maximum atomic E-state index is 18.9. The lowest BCUT2D eigenvalue weighted by Crippen LogP contribution is -2.28. The van der Waals surface area contributed by atoms with Gasteiger partial charge in [0.05, 0.1) is 17.0 Å². The summed E-state index contributed by atoms with van der Waals surface area (Å²) in [6, 6.07) is 56.9. The second-order valence-corrected chi connectivity index (χ2v) is 13.3. The number of para-hydroxylation sites is 2. The van der Waals surface area contributed by atoms with Crippen LogP contribution in [0.5, 0.6) is 11.5 Å². The summed E-state index contributed by atoms with van der Waals surface area (Å²) in [4.78, 5) is 0. The van der Waals surface area contributed by atoms with Crippen molar-refractivity contribution in [1.82, 2.24) is 0 Å². The first kappa shape index (κ1) is 29.9. The van der Waals surface area contributed by atoms with Crippen molar-refractivity contribution in [2.45, 2.75) is 24.4 Å². The van der Waals surface area contributed by atoms with E-state index in [0.29, 0.717) is 28.2 Å². The van der Waals surface area contributed by atoms with E-state index in [9.17, 15) is 5.26 Å². The molecule has 0 saturated carbocycles. The summed E-state index contributed by atoms with van der Waals surface area (Å²) in [5.41, 5.74) is 9.21. The van der Waals surface area contributed by atoms with Gasteiger partial charge >= 0.3 is 0 Å². The van der Waals surface area contributed by atoms with Gasteiger partial charge in [-0.25, -0.2) is 4.39 Å². The number of aryl methyl sites for hydroxylation is 1. The molecular weight excluding hydrogens is 614 g/mol. The minimum absolute atomic E-state index is 0.120. The molecule has 1 unspecified atom stereocenters. The third-order valence-electron chi connectivity index (χ3n) is 10.6. The van der Waals surface area contributed by atoms with E-state index < -0.39 is 11.1 Å². The van der Waals surface area contributed by atoms with Crippen molar-refractivity contribution in [3.63, 3.8) is 0 Å². The Morgan fingerprint density at radius 2 is 1.08 bits per heavy atom. The normalized spacial score (nSPS) is 16.3. The summed E-state index contributed by atoms with van der Waals surface area (Å²) in [5, 5.41) is 10.2. The Hall–Kier alpha value is -6.24. The van der Waals surface area contributed by atoms with Crippen LogP contribution in [-0.2, 0) is 11.1 Å². The minimum atomic E-state index is -1.94. The van der Waals surface area contributed by atoms with Gasteiger partial charge in [0.2, 0.25) is 0 Å². The molecule has 0 radical (unpaired) electrons. The van der Waals surface area contributed by atoms with Crippen molar-refractivity contribution < 1.29 is 9.13 Å². The van der Waals surface area contributed by atoms with Gasteiger partial charge in [0.1, 0.15) is 11.5 Å². The molecule has 238 valence electrons. The van der Waals surface area contributed by atoms with E-state index in [1.807, 2.05) is 79.7 Å². The third kappa shape index (κ3) is 4.32. The van der Waals surface area contributed by atoms with Gasteiger partial charge < -0.3 is 4.74 Å². The molecule has 0 amide bonds. The van der Waals surface area contributed by atoms with Crippen LogP contribution in [0, 0.1) is 18.3 Å². The standard InChI is InChI=1S/C47H32FNO/c1-31-14-8-10-24-42(31)50-43-25-11-9-21-38(43)47(48)30-46(41-28-32(29-49)26-27-37(41)47)39-22-12-19-35(33-15-4-2-5-16-33)44(39)45-36(20-13-23-40(45)46)34-17-6-3-7-18-34/h2-28H,30H2,1H3. The lowest BCUT2D eigenvalue weighted by atomic mass is 9.71. The molecule has 50 heavy (non-hydrogen) atoms. The van der Waals surface area contributed by atoms with Crippen LogP contribution in [0.25, 0.3) is 33.4 Å². The number of hydrogen-bond donors (Lipinski definition) is 0. The highest BCUT2D eigenvalue weighted by Gasteiger charge is 2.60. The van der Waals surface area contributed by atoms with E-state index in [4.69, 9.17) is 4.74 Å². The van der Waals surface area contributed by atoms with E-state index in [-0.39, 0.29) is 6.42 Å². The SMILES string of the molecule is Cc1ccccc1Oc1ccccc1C1(F)CC2(c3cc(C#N)ccc31)c1cccc(-c3ccccc3)c1-c1c(-c3ccccc3)cccc12.